The van der Waals surface area contributed by atoms with Crippen LogP contribution in [0.3, 0.4) is 0 Å². The molecule has 1 amide bonds. The molecule has 0 spiro atoms. The quantitative estimate of drug-likeness (QED) is 0.121. The maximum Gasteiger partial charge on any atom is 0.345 e. The fourth-order valence-corrected chi connectivity index (χ4v) is 6.42. The number of pyridine rings is 2. The van der Waals surface area contributed by atoms with Crippen molar-refractivity contribution in [3.63, 3.8) is 0 Å². The Hall–Kier alpha value is -4.40. The molecule has 0 aliphatic carbocycles. The molecule has 47 heavy (non-hydrogen) atoms. The van der Waals surface area contributed by atoms with Crippen LogP contribution in [0.15, 0.2) is 60.9 Å². The van der Waals surface area contributed by atoms with E-state index >= 15 is 0 Å². The van der Waals surface area contributed by atoms with Crippen molar-refractivity contribution < 1.29 is 23.5 Å². The van der Waals surface area contributed by atoms with Gasteiger partial charge in [-0.2, -0.15) is 0 Å². The number of aromatic carboxylic acids is 1. The predicted octanol–water partition coefficient (Wildman–Crippen LogP) is 7.73. The molecule has 8 N–H and O–H groups in total. The van der Waals surface area contributed by atoms with Gasteiger partial charge in [0.2, 0.25) is 0 Å². The van der Waals surface area contributed by atoms with Crippen molar-refractivity contribution in [1.82, 2.24) is 15.3 Å². The minimum Gasteiger partial charge on any atom is -0.477 e. The Morgan fingerprint density at radius 3 is 1.68 bits per heavy atom. The third kappa shape index (κ3) is 8.31. The first-order valence-corrected chi connectivity index (χ1v) is 16.1. The molecule has 0 bridgehead atoms. The van der Waals surface area contributed by atoms with E-state index in [1.54, 1.807) is 49.4 Å². The summed E-state index contributed by atoms with van der Waals surface area (Å²) in [4.78, 5) is 32.7. The minimum atomic E-state index is -0.917. The molecule has 0 saturated carbocycles. The summed E-state index contributed by atoms with van der Waals surface area (Å²) in [5, 5.41) is 14.3. The number of carbonyl (C=O) groups is 2. The highest BCUT2D eigenvalue weighted by atomic mass is 35.5. The average Bonchev–Trinajstić information content (AvgIpc) is 3.57. The van der Waals surface area contributed by atoms with Crippen LogP contribution in [0.2, 0.25) is 10.0 Å². The molecule has 6 rings (SSSR count). The number of nitrogen functional groups attached to an aromatic ring is 2. The van der Waals surface area contributed by atoms with Gasteiger partial charge < -0.3 is 27.6 Å². The van der Waals surface area contributed by atoms with Crippen molar-refractivity contribution >= 4 is 90.9 Å². The van der Waals surface area contributed by atoms with Crippen molar-refractivity contribution in [2.45, 2.75) is 26.9 Å². The van der Waals surface area contributed by atoms with Gasteiger partial charge in [-0.15, -0.1) is 22.7 Å². The van der Waals surface area contributed by atoms with Gasteiger partial charge in [-0.05, 0) is 38.1 Å². The van der Waals surface area contributed by atoms with Crippen LogP contribution in [-0.4, -0.2) is 27.0 Å². The SMILES string of the molecule is Cc1sc(C(=O)NCc2ccc3c(N)nccc3c2F)cc1Cl.Cc1sc(C(=O)O)cc1Cl.NCc1ccc2c(N)nccc2c1F. The summed E-state index contributed by atoms with van der Waals surface area (Å²) in [6.07, 6.45) is 2.95. The highest BCUT2D eigenvalue weighted by Crippen LogP contribution is 2.28. The number of hydrogen-bond acceptors (Lipinski definition) is 9. The number of carboxylic acids is 1. The molecule has 0 radical (unpaired) electrons. The lowest BCUT2D eigenvalue weighted by Crippen LogP contribution is -2.22. The second-order valence-electron chi connectivity index (χ2n) is 9.88. The summed E-state index contributed by atoms with van der Waals surface area (Å²) < 4.78 is 28.2. The number of anilines is 2. The number of carbonyl (C=O) groups excluding carboxylic acids is 1. The molecular weight excluding hydrogens is 689 g/mol. The molecule has 0 saturated heterocycles. The normalized spacial score (nSPS) is 10.6. The van der Waals surface area contributed by atoms with Crippen LogP contribution in [0.4, 0.5) is 20.4 Å². The van der Waals surface area contributed by atoms with Crippen molar-refractivity contribution in [3.05, 3.63) is 113 Å². The number of halogens is 4. The number of nitrogens with zero attached hydrogens (tertiary/aromatic N) is 2. The number of hydrogen-bond donors (Lipinski definition) is 5. The molecule has 15 heteroatoms. The first-order valence-electron chi connectivity index (χ1n) is 13.7. The third-order valence-corrected chi connectivity index (χ3v) is 9.89. The number of benzene rings is 2. The van der Waals surface area contributed by atoms with E-state index in [0.717, 1.165) is 9.75 Å². The predicted molar refractivity (Wildman–Crippen MR) is 186 cm³/mol. The van der Waals surface area contributed by atoms with Crippen LogP contribution in [-0.2, 0) is 13.1 Å². The Bertz CT molecular complexity index is 2070. The van der Waals surface area contributed by atoms with Gasteiger partial charge in [-0.1, -0.05) is 47.5 Å². The molecule has 0 atom stereocenters. The standard InChI is InChI=1S/C16H13ClFN3OS.C10H10FN3.C6H5ClO2S/c1-8-12(17)6-13(23-8)16(22)21-7-9-2-3-11-10(14(9)18)4-5-20-15(11)19;11-9-6(5-12)1-2-8-7(9)3-4-14-10(8)13;1-3-4(7)2-5(10-3)6(8)9/h2-6H,7H2,1H3,(H2,19,20)(H,21,22);1-4H,5,12H2,(H2,13,14);2H,1H3,(H,8,9). The lowest BCUT2D eigenvalue weighted by atomic mass is 10.1. The monoisotopic (exact) mass is 716 g/mol. The van der Waals surface area contributed by atoms with Crippen LogP contribution >= 0.6 is 45.9 Å². The highest BCUT2D eigenvalue weighted by molar-refractivity contribution is 7.14. The zero-order valence-electron chi connectivity index (χ0n) is 24.9. The Balaban J connectivity index is 0.000000177. The first kappa shape index (κ1) is 35.5. The number of thiophene rings is 2. The summed E-state index contributed by atoms with van der Waals surface area (Å²) in [5.74, 6) is -1.29. The first-order chi connectivity index (χ1) is 22.3. The smallest absolute Gasteiger partial charge is 0.345 e. The molecule has 0 aliphatic rings. The van der Waals surface area contributed by atoms with Gasteiger partial charge in [-0.3, -0.25) is 4.79 Å². The number of fused-ring (bicyclic) bond motifs is 2. The summed E-state index contributed by atoms with van der Waals surface area (Å²) in [6.45, 7) is 3.89. The number of amides is 1. The van der Waals surface area contributed by atoms with Crippen LogP contribution in [0.25, 0.3) is 21.5 Å². The molecular formula is C32H28Cl2F2N6O3S2. The third-order valence-electron chi connectivity index (χ3n) is 6.79. The minimum absolute atomic E-state index is 0.0808. The van der Waals surface area contributed by atoms with E-state index < -0.39 is 11.8 Å². The number of nitrogens with one attached hydrogen (secondary N) is 1. The second-order valence-corrected chi connectivity index (χ2v) is 13.2. The lowest BCUT2D eigenvalue weighted by molar-refractivity contribution is 0.0701. The summed E-state index contributed by atoms with van der Waals surface area (Å²) in [6, 6.07) is 12.9. The summed E-state index contributed by atoms with van der Waals surface area (Å²) >= 11 is 14.1. The average molecular weight is 718 g/mol. The lowest BCUT2D eigenvalue weighted by Gasteiger charge is -2.08. The maximum atomic E-state index is 14.5. The van der Waals surface area contributed by atoms with E-state index in [9.17, 15) is 18.4 Å². The Labute approximate surface area is 286 Å². The maximum absolute atomic E-state index is 14.5. The molecule has 4 aromatic heterocycles. The molecule has 0 fully saturated rings. The zero-order chi connectivity index (χ0) is 34.4. The van der Waals surface area contributed by atoms with Gasteiger partial charge in [0.1, 0.15) is 28.1 Å². The second kappa shape index (κ2) is 15.5. The Morgan fingerprint density at radius 2 is 1.26 bits per heavy atom. The fourth-order valence-electron chi connectivity index (χ4n) is 4.27. The van der Waals surface area contributed by atoms with Crippen molar-refractivity contribution in [1.29, 1.82) is 0 Å². The number of aromatic nitrogens is 2. The van der Waals surface area contributed by atoms with E-state index in [2.05, 4.69) is 15.3 Å². The van der Waals surface area contributed by atoms with Gasteiger partial charge in [-0.25, -0.2) is 23.5 Å². The fraction of sp³-hybridized carbons (Fsp3) is 0.125. The summed E-state index contributed by atoms with van der Waals surface area (Å²) in [5.41, 5.74) is 17.6. The molecule has 9 nitrogen and oxygen atoms in total. The Kier molecular flexibility index (Phi) is 11.7. The van der Waals surface area contributed by atoms with Crippen LogP contribution in [0, 0.1) is 25.5 Å². The molecule has 4 heterocycles. The van der Waals surface area contributed by atoms with Gasteiger partial charge in [0.25, 0.3) is 5.91 Å². The van der Waals surface area contributed by atoms with E-state index in [4.69, 9.17) is 45.5 Å². The van der Waals surface area contributed by atoms with E-state index in [-0.39, 0.29) is 30.6 Å². The van der Waals surface area contributed by atoms with Crippen LogP contribution in [0.1, 0.15) is 40.2 Å². The number of nitrogens with two attached hydrogens (primary N) is 3. The van der Waals surface area contributed by atoms with Crippen LogP contribution < -0.4 is 22.5 Å². The Morgan fingerprint density at radius 1 is 0.787 bits per heavy atom. The largest absolute Gasteiger partial charge is 0.477 e. The van der Waals surface area contributed by atoms with Gasteiger partial charge in [0, 0.05) is 67.9 Å². The van der Waals surface area contributed by atoms with Gasteiger partial charge >= 0.3 is 5.97 Å². The molecule has 244 valence electrons. The molecule has 6 aromatic rings. The van der Waals surface area contributed by atoms with E-state index in [1.165, 1.54) is 41.1 Å². The summed E-state index contributed by atoms with van der Waals surface area (Å²) in [7, 11) is 0. The molecule has 0 aliphatic heterocycles. The highest BCUT2D eigenvalue weighted by Gasteiger charge is 2.14. The van der Waals surface area contributed by atoms with E-state index in [0.29, 0.717) is 58.3 Å². The molecule has 2 aromatic carbocycles. The van der Waals surface area contributed by atoms with Gasteiger partial charge in [0.05, 0.1) is 14.9 Å². The number of aryl methyl sites for hydroxylation is 2. The number of carboxylic acid groups (broad SMARTS) is 1. The van der Waals surface area contributed by atoms with Crippen molar-refractivity contribution in [3.8, 4) is 0 Å². The van der Waals surface area contributed by atoms with E-state index in [1.807, 2.05) is 6.92 Å². The van der Waals surface area contributed by atoms with Crippen molar-refractivity contribution in [2.24, 2.45) is 5.73 Å². The van der Waals surface area contributed by atoms with Gasteiger partial charge in [0.15, 0.2) is 0 Å². The molecule has 0 unspecified atom stereocenters. The van der Waals surface area contributed by atoms with Crippen molar-refractivity contribution in [2.75, 3.05) is 11.5 Å². The topological polar surface area (TPSA) is 170 Å². The number of rotatable bonds is 5. The zero-order valence-corrected chi connectivity index (χ0v) is 28.1. The van der Waals surface area contributed by atoms with Crippen LogP contribution in [0.5, 0.6) is 0 Å².